The maximum absolute atomic E-state index is 13.2. The molecule has 5 nitrogen and oxygen atoms in total. The highest BCUT2D eigenvalue weighted by atomic mass is 32.2. The molecule has 1 aliphatic rings. The van der Waals surface area contributed by atoms with Gasteiger partial charge in [-0.3, -0.25) is 9.59 Å². The lowest BCUT2D eigenvalue weighted by molar-refractivity contribution is -0.119. The van der Waals surface area contributed by atoms with E-state index in [0.29, 0.717) is 10.6 Å². The van der Waals surface area contributed by atoms with Gasteiger partial charge in [0, 0.05) is 17.0 Å². The molecule has 3 heterocycles. The molecule has 1 aromatic carbocycles. The molecule has 28 heavy (non-hydrogen) atoms. The van der Waals surface area contributed by atoms with E-state index >= 15 is 0 Å². The summed E-state index contributed by atoms with van der Waals surface area (Å²) in [5.41, 5.74) is 3.91. The first kappa shape index (κ1) is 18.8. The van der Waals surface area contributed by atoms with E-state index in [2.05, 4.69) is 5.32 Å². The van der Waals surface area contributed by atoms with Gasteiger partial charge < -0.3 is 14.6 Å². The average molecular weight is 413 g/mol. The quantitative estimate of drug-likeness (QED) is 0.665. The van der Waals surface area contributed by atoms with E-state index in [0.717, 1.165) is 16.8 Å². The highest BCUT2D eigenvalue weighted by molar-refractivity contribution is 7.99. The van der Waals surface area contributed by atoms with Crippen molar-refractivity contribution in [2.75, 3.05) is 11.1 Å². The van der Waals surface area contributed by atoms with Crippen LogP contribution in [0.15, 0.2) is 58.7 Å². The Bertz CT molecular complexity index is 983. The SMILES string of the molecule is Cc1ccc(NC(=O)[C@@H]2CS[C@@H](c3ccoc3)N2C(=O)c2cccs2)cc1C. The molecule has 0 aliphatic carbocycles. The van der Waals surface area contributed by atoms with Gasteiger partial charge in [0.2, 0.25) is 5.91 Å². The molecule has 1 saturated heterocycles. The van der Waals surface area contributed by atoms with Gasteiger partial charge in [-0.1, -0.05) is 12.1 Å². The summed E-state index contributed by atoms with van der Waals surface area (Å²) in [6.07, 6.45) is 3.22. The summed E-state index contributed by atoms with van der Waals surface area (Å²) < 4.78 is 5.21. The highest BCUT2D eigenvalue weighted by Gasteiger charge is 2.43. The molecule has 1 fully saturated rings. The second kappa shape index (κ2) is 7.85. The lowest BCUT2D eigenvalue weighted by Crippen LogP contribution is -2.45. The molecule has 2 amide bonds. The Hall–Kier alpha value is -2.51. The number of benzene rings is 1. The Balaban J connectivity index is 1.61. The summed E-state index contributed by atoms with van der Waals surface area (Å²) >= 11 is 2.96. The molecule has 2 aromatic heterocycles. The molecule has 0 unspecified atom stereocenters. The fourth-order valence-corrected chi connectivity index (χ4v) is 5.27. The molecule has 3 aromatic rings. The molecule has 144 valence electrons. The van der Waals surface area contributed by atoms with Crippen LogP contribution in [-0.4, -0.2) is 28.5 Å². The molecule has 4 rings (SSSR count). The minimum Gasteiger partial charge on any atom is -0.472 e. The third-order valence-corrected chi connectivity index (χ3v) is 7.05. The lowest BCUT2D eigenvalue weighted by Gasteiger charge is -2.28. The maximum atomic E-state index is 13.2. The number of hydrogen-bond donors (Lipinski definition) is 1. The van der Waals surface area contributed by atoms with Gasteiger partial charge in [-0.05, 0) is 54.6 Å². The Morgan fingerprint density at radius 2 is 2.04 bits per heavy atom. The van der Waals surface area contributed by atoms with E-state index in [-0.39, 0.29) is 17.2 Å². The van der Waals surface area contributed by atoms with Crippen molar-refractivity contribution in [1.82, 2.24) is 4.90 Å². The summed E-state index contributed by atoms with van der Waals surface area (Å²) in [6.45, 7) is 4.05. The first-order valence-electron chi connectivity index (χ1n) is 8.92. The van der Waals surface area contributed by atoms with Gasteiger partial charge in [-0.25, -0.2) is 0 Å². The minimum atomic E-state index is -0.555. The summed E-state index contributed by atoms with van der Waals surface area (Å²) in [5, 5.41) is 4.60. The van der Waals surface area contributed by atoms with Crippen molar-refractivity contribution < 1.29 is 14.0 Å². The summed E-state index contributed by atoms with van der Waals surface area (Å²) in [7, 11) is 0. The number of thiophene rings is 1. The van der Waals surface area contributed by atoms with Crippen LogP contribution in [0.4, 0.5) is 5.69 Å². The van der Waals surface area contributed by atoms with E-state index in [1.807, 2.05) is 49.6 Å². The van der Waals surface area contributed by atoms with Crippen molar-refractivity contribution >= 4 is 40.6 Å². The first-order valence-corrected chi connectivity index (χ1v) is 10.9. The zero-order valence-electron chi connectivity index (χ0n) is 15.5. The van der Waals surface area contributed by atoms with Gasteiger partial charge in [0.15, 0.2) is 0 Å². The smallest absolute Gasteiger partial charge is 0.265 e. The Labute approximate surface area is 171 Å². The predicted molar refractivity (Wildman–Crippen MR) is 113 cm³/mol. The number of nitrogens with zero attached hydrogens (tertiary/aromatic N) is 1. The van der Waals surface area contributed by atoms with Gasteiger partial charge in [0.25, 0.3) is 5.91 Å². The summed E-state index contributed by atoms with van der Waals surface area (Å²) in [5.74, 6) is 0.224. The third-order valence-electron chi connectivity index (χ3n) is 4.87. The number of thioether (sulfide) groups is 1. The summed E-state index contributed by atoms with van der Waals surface area (Å²) in [6, 6.07) is 10.8. The van der Waals surface area contributed by atoms with Crippen LogP contribution < -0.4 is 5.32 Å². The predicted octanol–water partition coefficient (Wildman–Crippen LogP) is 4.85. The molecular weight excluding hydrogens is 392 g/mol. The van der Waals surface area contributed by atoms with Crippen molar-refractivity contribution in [2.45, 2.75) is 25.3 Å². The Morgan fingerprint density at radius 1 is 1.18 bits per heavy atom. The lowest BCUT2D eigenvalue weighted by atomic mass is 10.1. The van der Waals surface area contributed by atoms with Crippen molar-refractivity contribution in [3.05, 3.63) is 75.9 Å². The molecule has 7 heteroatoms. The second-order valence-corrected chi connectivity index (χ2v) is 8.80. The van der Waals surface area contributed by atoms with E-state index in [4.69, 9.17) is 4.42 Å². The normalized spacial score (nSPS) is 19.0. The zero-order valence-corrected chi connectivity index (χ0v) is 17.2. The average Bonchev–Trinajstić information content (AvgIpc) is 3.44. The van der Waals surface area contributed by atoms with E-state index < -0.39 is 6.04 Å². The number of carbonyl (C=O) groups excluding carboxylic acids is 2. The molecule has 0 saturated carbocycles. The number of carbonyl (C=O) groups is 2. The molecule has 2 atom stereocenters. The molecular formula is C21H20N2O3S2. The Kier molecular flexibility index (Phi) is 5.28. The molecule has 0 bridgehead atoms. The number of anilines is 1. The van der Waals surface area contributed by atoms with Crippen molar-refractivity contribution in [3.8, 4) is 0 Å². The van der Waals surface area contributed by atoms with Gasteiger partial charge in [0.1, 0.15) is 11.4 Å². The zero-order chi connectivity index (χ0) is 19.7. The van der Waals surface area contributed by atoms with Crippen LogP contribution in [0, 0.1) is 13.8 Å². The Morgan fingerprint density at radius 3 is 2.71 bits per heavy atom. The molecule has 0 spiro atoms. The third kappa shape index (κ3) is 3.59. The maximum Gasteiger partial charge on any atom is 0.265 e. The van der Waals surface area contributed by atoms with Gasteiger partial charge in [0.05, 0.1) is 17.4 Å². The monoisotopic (exact) mass is 412 g/mol. The second-order valence-electron chi connectivity index (χ2n) is 6.74. The number of hydrogen-bond acceptors (Lipinski definition) is 5. The molecule has 1 N–H and O–H groups in total. The largest absolute Gasteiger partial charge is 0.472 e. The first-order chi connectivity index (χ1) is 13.5. The van der Waals surface area contributed by atoms with Gasteiger partial charge in [-0.2, -0.15) is 0 Å². The number of nitrogens with one attached hydrogen (secondary N) is 1. The fraction of sp³-hybridized carbons (Fsp3) is 0.238. The van der Waals surface area contributed by atoms with Crippen LogP contribution in [-0.2, 0) is 4.79 Å². The van der Waals surface area contributed by atoms with E-state index in [1.165, 1.54) is 16.9 Å². The number of rotatable bonds is 4. The van der Waals surface area contributed by atoms with E-state index in [1.54, 1.807) is 35.3 Å². The van der Waals surface area contributed by atoms with Crippen LogP contribution in [0.25, 0.3) is 0 Å². The standard InChI is InChI=1S/C21H20N2O3S2/c1-13-5-6-16(10-14(13)2)22-19(24)17-12-28-21(15-7-8-26-11-15)23(17)20(25)18-4-3-9-27-18/h3-11,17,21H,12H2,1-2H3,(H,22,24)/t17-,21-/m0/s1. The van der Waals surface area contributed by atoms with Gasteiger partial charge >= 0.3 is 0 Å². The molecule has 0 radical (unpaired) electrons. The number of amides is 2. The van der Waals surface area contributed by atoms with Crippen LogP contribution in [0.3, 0.4) is 0 Å². The van der Waals surface area contributed by atoms with Crippen molar-refractivity contribution in [1.29, 1.82) is 0 Å². The molecule has 1 aliphatic heterocycles. The minimum absolute atomic E-state index is 0.133. The van der Waals surface area contributed by atoms with E-state index in [9.17, 15) is 9.59 Å². The number of furan rings is 1. The van der Waals surface area contributed by atoms with Crippen molar-refractivity contribution in [2.24, 2.45) is 0 Å². The van der Waals surface area contributed by atoms with Crippen molar-refractivity contribution in [3.63, 3.8) is 0 Å². The van der Waals surface area contributed by atoms with Crippen LogP contribution in [0.1, 0.15) is 31.7 Å². The topological polar surface area (TPSA) is 62.6 Å². The van der Waals surface area contributed by atoms with Crippen LogP contribution >= 0.6 is 23.1 Å². The summed E-state index contributed by atoms with van der Waals surface area (Å²) in [4.78, 5) is 28.6. The van der Waals surface area contributed by atoms with Crippen LogP contribution in [0.5, 0.6) is 0 Å². The fourth-order valence-electron chi connectivity index (χ4n) is 3.20. The number of aryl methyl sites for hydroxylation is 2. The highest BCUT2D eigenvalue weighted by Crippen LogP contribution is 2.43. The van der Waals surface area contributed by atoms with Crippen LogP contribution in [0.2, 0.25) is 0 Å². The van der Waals surface area contributed by atoms with Gasteiger partial charge in [-0.15, -0.1) is 23.1 Å².